The van der Waals surface area contributed by atoms with Crippen LogP contribution in [0, 0.1) is 23.4 Å². The van der Waals surface area contributed by atoms with Crippen molar-refractivity contribution in [2.24, 2.45) is 5.92 Å². The van der Waals surface area contributed by atoms with Gasteiger partial charge in [0.05, 0.1) is 18.3 Å². The molecule has 7 heteroatoms. The van der Waals surface area contributed by atoms with E-state index in [4.69, 9.17) is 9.47 Å². The van der Waals surface area contributed by atoms with Crippen LogP contribution in [0.15, 0.2) is 43.0 Å². The number of halogens is 3. The molecule has 0 aliphatic heterocycles. The summed E-state index contributed by atoms with van der Waals surface area (Å²) in [7, 11) is 0. The van der Waals surface area contributed by atoms with Crippen LogP contribution in [0.1, 0.15) is 117 Å². The molecule has 0 heterocycles. The van der Waals surface area contributed by atoms with Crippen molar-refractivity contribution >= 4 is 5.97 Å². The molecule has 2 saturated carbocycles. The maximum Gasteiger partial charge on any atom is 0.338 e. The van der Waals surface area contributed by atoms with E-state index in [1.165, 1.54) is 12.1 Å². The minimum Gasteiger partial charge on any atom is -0.491 e. The number of ether oxygens (including phenoxy) is 2. The fraction of sp³-hybridized carbons (Fsp3) is 0.559. The second-order valence-corrected chi connectivity index (χ2v) is 11.6. The molecular formula is C34H43F3O4. The van der Waals surface area contributed by atoms with Gasteiger partial charge in [0, 0.05) is 0 Å². The number of hydrogen-bond donors (Lipinski definition) is 1. The molecule has 41 heavy (non-hydrogen) atoms. The number of benzene rings is 2. The normalized spacial score (nSPS) is 23.5. The molecule has 4 nitrogen and oxygen atoms in total. The summed E-state index contributed by atoms with van der Waals surface area (Å²) < 4.78 is 56.0. The molecule has 2 fully saturated rings. The highest BCUT2D eigenvalue weighted by Crippen LogP contribution is 2.42. The minimum atomic E-state index is -0.765. The van der Waals surface area contributed by atoms with Crippen molar-refractivity contribution in [3.05, 3.63) is 77.1 Å². The van der Waals surface area contributed by atoms with Crippen LogP contribution in [-0.4, -0.2) is 29.9 Å². The Balaban J connectivity index is 1.28. The number of hydrogen-bond acceptors (Lipinski definition) is 4. The predicted octanol–water partition coefficient (Wildman–Crippen LogP) is 8.77. The third kappa shape index (κ3) is 7.94. The lowest BCUT2D eigenvalue weighted by molar-refractivity contribution is 0.0193. The van der Waals surface area contributed by atoms with Crippen LogP contribution in [-0.2, 0) is 4.74 Å². The van der Waals surface area contributed by atoms with Gasteiger partial charge >= 0.3 is 5.97 Å². The molecule has 2 aromatic rings. The molecule has 1 unspecified atom stereocenters. The van der Waals surface area contributed by atoms with Crippen molar-refractivity contribution in [1.82, 2.24) is 0 Å². The van der Waals surface area contributed by atoms with Crippen LogP contribution in [0.4, 0.5) is 13.2 Å². The van der Waals surface area contributed by atoms with E-state index in [2.05, 4.69) is 13.5 Å². The Kier molecular flexibility index (Phi) is 11.3. The number of carbonyl (C=O) groups excluding carboxylic acids is 1. The maximum atomic E-state index is 15.3. The third-order valence-electron chi connectivity index (χ3n) is 8.85. The third-order valence-corrected chi connectivity index (χ3v) is 8.85. The van der Waals surface area contributed by atoms with Crippen LogP contribution in [0.25, 0.3) is 0 Å². The summed E-state index contributed by atoms with van der Waals surface area (Å²) in [4.78, 5) is 12.6. The first-order chi connectivity index (χ1) is 19.8. The first-order valence-electron chi connectivity index (χ1n) is 15.2. The summed E-state index contributed by atoms with van der Waals surface area (Å²) >= 11 is 0. The van der Waals surface area contributed by atoms with Gasteiger partial charge in [-0.2, -0.15) is 0 Å². The fourth-order valence-electron chi connectivity index (χ4n) is 6.42. The van der Waals surface area contributed by atoms with Crippen molar-refractivity contribution in [2.45, 2.75) is 108 Å². The molecule has 4 rings (SSSR count). The zero-order chi connectivity index (χ0) is 29.4. The molecule has 0 amide bonds. The van der Waals surface area contributed by atoms with Gasteiger partial charge in [-0.1, -0.05) is 31.6 Å². The van der Waals surface area contributed by atoms with Gasteiger partial charge in [0.2, 0.25) is 0 Å². The number of esters is 1. The molecule has 2 aliphatic carbocycles. The molecule has 0 spiro atoms. The average Bonchev–Trinajstić information content (AvgIpc) is 2.98. The van der Waals surface area contributed by atoms with E-state index in [9.17, 15) is 14.3 Å². The zero-order valence-corrected chi connectivity index (χ0v) is 24.1. The average molecular weight is 573 g/mol. The summed E-state index contributed by atoms with van der Waals surface area (Å²) in [5.74, 6) is -2.58. The van der Waals surface area contributed by atoms with E-state index in [-0.39, 0.29) is 41.3 Å². The van der Waals surface area contributed by atoms with E-state index in [0.717, 1.165) is 57.4 Å². The number of unbranched alkanes of at least 4 members (excludes halogenated alkanes) is 1. The van der Waals surface area contributed by atoms with Crippen molar-refractivity contribution in [2.75, 3.05) is 6.61 Å². The van der Waals surface area contributed by atoms with Gasteiger partial charge in [-0.25, -0.2) is 18.0 Å². The Morgan fingerprint density at radius 1 is 0.976 bits per heavy atom. The minimum absolute atomic E-state index is 0.0264. The van der Waals surface area contributed by atoms with Gasteiger partial charge in [0.25, 0.3) is 0 Å². The molecule has 224 valence electrons. The largest absolute Gasteiger partial charge is 0.491 e. The lowest BCUT2D eigenvalue weighted by Gasteiger charge is -2.32. The molecule has 1 atom stereocenters. The summed E-state index contributed by atoms with van der Waals surface area (Å²) in [5.41, 5.74) is 0.937. The lowest BCUT2D eigenvalue weighted by atomic mass is 9.75. The van der Waals surface area contributed by atoms with Crippen molar-refractivity contribution in [1.29, 1.82) is 0 Å². The number of allylic oxidation sites excluding steroid dienone is 1. The molecule has 1 N–H and O–H groups in total. The fourth-order valence-corrected chi connectivity index (χ4v) is 6.42. The summed E-state index contributed by atoms with van der Waals surface area (Å²) in [6.45, 7) is 6.05. The quantitative estimate of drug-likeness (QED) is 0.157. The molecule has 2 aromatic carbocycles. The highest BCUT2D eigenvalue weighted by molar-refractivity contribution is 5.89. The van der Waals surface area contributed by atoms with Crippen molar-refractivity contribution in [3.8, 4) is 5.75 Å². The topological polar surface area (TPSA) is 55.8 Å². The molecule has 2 aliphatic rings. The smallest absolute Gasteiger partial charge is 0.338 e. The summed E-state index contributed by atoms with van der Waals surface area (Å²) in [6.07, 6.45) is 9.68. The molecular weight excluding hydrogens is 529 g/mol. The number of aliphatic hydroxyl groups excluding tert-OH is 1. The number of rotatable bonds is 12. The van der Waals surface area contributed by atoms with Gasteiger partial charge in [-0.05, 0) is 118 Å². The van der Waals surface area contributed by atoms with E-state index in [1.54, 1.807) is 18.2 Å². The van der Waals surface area contributed by atoms with Crippen molar-refractivity contribution in [3.63, 3.8) is 0 Å². The SMILES string of the molecule is C=CCCCOc1ccc(C(=O)OC2CCC(c3ccc(C4CCC(C(O)CCC)CC4)c(F)c3F)CC2)cc1F. The van der Waals surface area contributed by atoms with Gasteiger partial charge in [0.1, 0.15) is 6.10 Å². The number of carbonyl (C=O) groups is 1. The lowest BCUT2D eigenvalue weighted by Crippen LogP contribution is -2.26. The first kappa shape index (κ1) is 31.1. The molecule has 0 aromatic heterocycles. The highest BCUT2D eigenvalue weighted by atomic mass is 19.2. The Morgan fingerprint density at radius 3 is 2.15 bits per heavy atom. The maximum absolute atomic E-state index is 15.3. The van der Waals surface area contributed by atoms with Gasteiger partial charge in [-0.3, -0.25) is 0 Å². The zero-order valence-electron chi connectivity index (χ0n) is 24.1. The first-order valence-corrected chi connectivity index (χ1v) is 15.2. The van der Waals surface area contributed by atoms with Crippen molar-refractivity contribution < 1.29 is 32.5 Å². The van der Waals surface area contributed by atoms with Gasteiger partial charge < -0.3 is 14.6 Å². The molecule has 0 bridgehead atoms. The predicted molar refractivity (Wildman–Crippen MR) is 154 cm³/mol. The summed E-state index contributed by atoms with van der Waals surface area (Å²) in [5, 5.41) is 10.3. The second kappa shape index (κ2) is 14.9. The Labute approximate surface area is 241 Å². The Bertz CT molecular complexity index is 1170. The standard InChI is InChI=1S/C34H43F3O4/c1-3-5-6-20-40-31-19-14-25(21-29(31)35)34(39)41-26-15-12-23(13-16-26)28-18-17-27(32(36)33(28)37)22-8-10-24(11-9-22)30(38)7-4-2/h3,14,17-19,21-24,26,30,38H,1,4-13,15-16,20H2,2H3. The Hall–Kier alpha value is -2.80. The van der Waals surface area contributed by atoms with Gasteiger partial charge in [0.15, 0.2) is 23.2 Å². The van der Waals surface area contributed by atoms with Crippen LogP contribution in [0.5, 0.6) is 5.75 Å². The highest BCUT2D eigenvalue weighted by Gasteiger charge is 2.32. The van der Waals surface area contributed by atoms with E-state index in [0.29, 0.717) is 43.4 Å². The van der Waals surface area contributed by atoms with E-state index >= 15 is 8.78 Å². The van der Waals surface area contributed by atoms with Crippen LogP contribution < -0.4 is 4.74 Å². The van der Waals surface area contributed by atoms with Crippen LogP contribution >= 0.6 is 0 Å². The molecule has 0 radical (unpaired) electrons. The molecule has 0 saturated heterocycles. The second-order valence-electron chi connectivity index (χ2n) is 11.6. The number of aliphatic hydroxyl groups is 1. The van der Waals surface area contributed by atoms with Crippen LogP contribution in [0.3, 0.4) is 0 Å². The Morgan fingerprint density at radius 2 is 1.59 bits per heavy atom. The van der Waals surface area contributed by atoms with E-state index in [1.807, 2.05) is 0 Å². The van der Waals surface area contributed by atoms with Crippen LogP contribution in [0.2, 0.25) is 0 Å². The summed E-state index contributed by atoms with van der Waals surface area (Å²) in [6, 6.07) is 7.51. The monoisotopic (exact) mass is 572 g/mol. The van der Waals surface area contributed by atoms with Gasteiger partial charge in [-0.15, -0.1) is 6.58 Å². The van der Waals surface area contributed by atoms with E-state index < -0.39 is 23.4 Å².